The molecule has 0 heterocycles. The van der Waals surface area contributed by atoms with Crippen molar-refractivity contribution in [1.29, 1.82) is 5.26 Å². The molecule has 5 heteroatoms. The van der Waals surface area contributed by atoms with Gasteiger partial charge in [-0.3, -0.25) is 0 Å². The summed E-state index contributed by atoms with van der Waals surface area (Å²) in [6, 6.07) is 12.9. The lowest BCUT2D eigenvalue weighted by Gasteiger charge is -2.14. The van der Waals surface area contributed by atoms with Crippen LogP contribution in [0.5, 0.6) is 5.75 Å². The van der Waals surface area contributed by atoms with Crippen LogP contribution in [0.2, 0.25) is 5.02 Å². The van der Waals surface area contributed by atoms with E-state index in [1.165, 1.54) is 12.1 Å². The molecule has 2 aromatic rings. The molecule has 0 aliphatic rings. The van der Waals surface area contributed by atoms with E-state index in [2.05, 4.69) is 11.4 Å². The molecule has 2 aromatic carbocycles. The SMILES string of the molecule is COc1ccc(NC(C#N)c2ccc(Cl)c(F)c2)cc1. The monoisotopic (exact) mass is 290 g/mol. The van der Waals surface area contributed by atoms with E-state index in [0.29, 0.717) is 5.56 Å². The summed E-state index contributed by atoms with van der Waals surface area (Å²) in [5.41, 5.74) is 1.26. The lowest BCUT2D eigenvalue weighted by Crippen LogP contribution is -2.08. The number of methoxy groups -OCH3 is 1. The van der Waals surface area contributed by atoms with Gasteiger partial charge in [-0.25, -0.2) is 4.39 Å². The first kappa shape index (κ1) is 14.2. The Morgan fingerprint density at radius 3 is 2.50 bits per heavy atom. The molecule has 102 valence electrons. The molecule has 0 bridgehead atoms. The van der Waals surface area contributed by atoms with Gasteiger partial charge in [0.1, 0.15) is 17.6 Å². The van der Waals surface area contributed by atoms with Crippen molar-refractivity contribution in [2.75, 3.05) is 12.4 Å². The Morgan fingerprint density at radius 2 is 1.95 bits per heavy atom. The van der Waals surface area contributed by atoms with Gasteiger partial charge in [0, 0.05) is 5.69 Å². The maximum atomic E-state index is 13.4. The zero-order chi connectivity index (χ0) is 14.5. The van der Waals surface area contributed by atoms with Crippen molar-refractivity contribution in [3.8, 4) is 11.8 Å². The Hall–Kier alpha value is -2.25. The number of nitrogens with zero attached hydrogens (tertiary/aromatic N) is 1. The third-order valence-corrected chi connectivity index (χ3v) is 3.11. The molecular weight excluding hydrogens is 279 g/mol. The summed E-state index contributed by atoms with van der Waals surface area (Å²) in [6.07, 6.45) is 0. The van der Waals surface area contributed by atoms with E-state index in [9.17, 15) is 9.65 Å². The molecule has 1 N–H and O–H groups in total. The predicted octanol–water partition coefficient (Wildman–Crippen LogP) is 4.16. The van der Waals surface area contributed by atoms with Gasteiger partial charge >= 0.3 is 0 Å². The number of ether oxygens (including phenoxy) is 1. The molecule has 0 saturated heterocycles. The van der Waals surface area contributed by atoms with E-state index in [1.54, 1.807) is 37.4 Å². The van der Waals surface area contributed by atoms with E-state index in [1.807, 2.05) is 0 Å². The lowest BCUT2D eigenvalue weighted by atomic mass is 10.1. The van der Waals surface area contributed by atoms with Gasteiger partial charge in [0.25, 0.3) is 0 Å². The predicted molar refractivity (Wildman–Crippen MR) is 76.4 cm³/mol. The van der Waals surface area contributed by atoms with Gasteiger partial charge in [0.15, 0.2) is 0 Å². The van der Waals surface area contributed by atoms with E-state index in [0.717, 1.165) is 11.4 Å². The van der Waals surface area contributed by atoms with Crippen LogP contribution < -0.4 is 10.1 Å². The molecule has 0 spiro atoms. The Morgan fingerprint density at radius 1 is 1.25 bits per heavy atom. The van der Waals surface area contributed by atoms with Crippen LogP contribution in [0.3, 0.4) is 0 Å². The second-order valence-electron chi connectivity index (χ2n) is 4.11. The van der Waals surface area contributed by atoms with Crippen LogP contribution in [-0.2, 0) is 0 Å². The van der Waals surface area contributed by atoms with Crippen LogP contribution >= 0.6 is 11.6 Å². The normalized spacial score (nSPS) is 11.5. The molecule has 1 atom stereocenters. The number of nitriles is 1. The first-order valence-electron chi connectivity index (χ1n) is 5.89. The maximum Gasteiger partial charge on any atom is 0.142 e. The molecule has 0 radical (unpaired) electrons. The second kappa shape index (κ2) is 6.27. The van der Waals surface area contributed by atoms with Crippen LogP contribution in [0, 0.1) is 17.1 Å². The summed E-state index contributed by atoms with van der Waals surface area (Å²) in [4.78, 5) is 0. The van der Waals surface area contributed by atoms with Crippen molar-refractivity contribution in [3.05, 3.63) is 58.9 Å². The van der Waals surface area contributed by atoms with Gasteiger partial charge in [0.2, 0.25) is 0 Å². The minimum absolute atomic E-state index is 0.0369. The highest BCUT2D eigenvalue weighted by molar-refractivity contribution is 6.30. The third kappa shape index (κ3) is 3.19. The van der Waals surface area contributed by atoms with E-state index >= 15 is 0 Å². The molecule has 0 saturated carbocycles. The lowest BCUT2D eigenvalue weighted by molar-refractivity contribution is 0.415. The Kier molecular flexibility index (Phi) is 4.44. The van der Waals surface area contributed by atoms with Gasteiger partial charge in [-0.1, -0.05) is 17.7 Å². The third-order valence-electron chi connectivity index (χ3n) is 2.81. The number of hydrogen-bond acceptors (Lipinski definition) is 3. The van der Waals surface area contributed by atoms with E-state index in [4.69, 9.17) is 16.3 Å². The Balaban J connectivity index is 2.19. The Bertz CT molecular complexity index is 637. The molecule has 0 aromatic heterocycles. The van der Waals surface area contributed by atoms with E-state index < -0.39 is 11.9 Å². The van der Waals surface area contributed by atoms with Gasteiger partial charge in [-0.05, 0) is 42.0 Å². The van der Waals surface area contributed by atoms with Gasteiger partial charge in [0.05, 0.1) is 18.2 Å². The highest BCUT2D eigenvalue weighted by atomic mass is 35.5. The quantitative estimate of drug-likeness (QED) is 0.919. The summed E-state index contributed by atoms with van der Waals surface area (Å²) in [7, 11) is 1.58. The van der Waals surface area contributed by atoms with Crippen molar-refractivity contribution < 1.29 is 9.13 Å². The largest absolute Gasteiger partial charge is 0.497 e. The number of benzene rings is 2. The first-order chi connectivity index (χ1) is 9.63. The van der Waals surface area contributed by atoms with Gasteiger partial charge in [-0.15, -0.1) is 0 Å². The molecule has 0 aliphatic carbocycles. The van der Waals surface area contributed by atoms with Crippen molar-refractivity contribution in [1.82, 2.24) is 0 Å². The molecule has 1 unspecified atom stereocenters. The fourth-order valence-electron chi connectivity index (χ4n) is 1.74. The van der Waals surface area contributed by atoms with Crippen LogP contribution in [0.1, 0.15) is 11.6 Å². The van der Waals surface area contributed by atoms with Crippen LogP contribution in [0.25, 0.3) is 0 Å². The van der Waals surface area contributed by atoms with Crippen LogP contribution in [-0.4, -0.2) is 7.11 Å². The van der Waals surface area contributed by atoms with Crippen LogP contribution in [0.4, 0.5) is 10.1 Å². The summed E-state index contributed by atoms with van der Waals surface area (Å²) < 4.78 is 18.5. The molecule has 0 aliphatic heterocycles. The molecule has 2 rings (SSSR count). The number of anilines is 1. The van der Waals surface area contributed by atoms with Crippen molar-refractivity contribution in [3.63, 3.8) is 0 Å². The Labute approximate surface area is 121 Å². The topological polar surface area (TPSA) is 45.0 Å². The number of hydrogen-bond donors (Lipinski definition) is 1. The summed E-state index contributed by atoms with van der Waals surface area (Å²) in [5, 5.41) is 12.3. The minimum atomic E-state index is -0.657. The minimum Gasteiger partial charge on any atom is -0.497 e. The average Bonchev–Trinajstić information content (AvgIpc) is 2.48. The zero-order valence-electron chi connectivity index (χ0n) is 10.7. The van der Waals surface area contributed by atoms with Gasteiger partial charge in [-0.2, -0.15) is 5.26 Å². The van der Waals surface area contributed by atoms with Crippen molar-refractivity contribution in [2.45, 2.75) is 6.04 Å². The molecular formula is C15H12ClFN2O. The molecule has 3 nitrogen and oxygen atoms in total. The fraction of sp³-hybridized carbons (Fsp3) is 0.133. The molecule has 0 amide bonds. The standard InChI is InChI=1S/C15H12ClFN2O/c1-20-12-5-3-11(4-6-12)19-15(9-18)10-2-7-13(16)14(17)8-10/h2-8,15,19H,1H3. The summed E-state index contributed by atoms with van der Waals surface area (Å²) in [5.74, 6) is 0.183. The fourth-order valence-corrected chi connectivity index (χ4v) is 1.85. The second-order valence-corrected chi connectivity index (χ2v) is 4.52. The molecule has 0 fully saturated rings. The highest BCUT2D eigenvalue weighted by Gasteiger charge is 2.12. The average molecular weight is 291 g/mol. The van der Waals surface area contributed by atoms with E-state index in [-0.39, 0.29) is 5.02 Å². The van der Waals surface area contributed by atoms with Crippen molar-refractivity contribution in [2.24, 2.45) is 0 Å². The number of halogens is 2. The summed E-state index contributed by atoms with van der Waals surface area (Å²) in [6.45, 7) is 0. The smallest absolute Gasteiger partial charge is 0.142 e. The zero-order valence-corrected chi connectivity index (χ0v) is 11.5. The number of rotatable bonds is 4. The van der Waals surface area contributed by atoms with Crippen LogP contribution in [0.15, 0.2) is 42.5 Å². The number of nitrogens with one attached hydrogen (secondary N) is 1. The first-order valence-corrected chi connectivity index (χ1v) is 6.27. The van der Waals surface area contributed by atoms with Gasteiger partial charge < -0.3 is 10.1 Å². The van der Waals surface area contributed by atoms with Crippen molar-refractivity contribution >= 4 is 17.3 Å². The molecule has 20 heavy (non-hydrogen) atoms. The highest BCUT2D eigenvalue weighted by Crippen LogP contribution is 2.24. The summed E-state index contributed by atoms with van der Waals surface area (Å²) >= 11 is 5.63. The maximum absolute atomic E-state index is 13.4.